The normalized spacial score (nSPS) is 29.1. The van der Waals surface area contributed by atoms with Crippen LogP contribution in [-0.2, 0) is 15.1 Å². The number of ether oxygens (including phenoxy) is 1. The number of carbonyl (C=O) groups excluding carboxylic acids is 2. The van der Waals surface area contributed by atoms with Crippen molar-refractivity contribution in [3.8, 4) is 0 Å². The van der Waals surface area contributed by atoms with Crippen molar-refractivity contribution in [2.45, 2.75) is 31.3 Å². The average Bonchev–Trinajstić information content (AvgIpc) is 2.72. The van der Waals surface area contributed by atoms with Crippen LogP contribution in [0.2, 0.25) is 0 Å². The van der Waals surface area contributed by atoms with E-state index >= 15 is 0 Å². The Hall–Kier alpha value is -1.23. The zero-order valence-electron chi connectivity index (χ0n) is 10.4. The van der Waals surface area contributed by atoms with Gasteiger partial charge in [0.05, 0.1) is 10.9 Å². The van der Waals surface area contributed by atoms with Crippen molar-refractivity contribution in [2.24, 2.45) is 5.92 Å². The van der Waals surface area contributed by atoms with Gasteiger partial charge >= 0.3 is 5.97 Å². The molecule has 2 heterocycles. The topological polar surface area (TPSA) is 56.3 Å². The molecule has 0 amide bonds. The Kier molecular flexibility index (Phi) is 3.17. The summed E-state index contributed by atoms with van der Waals surface area (Å²) in [5.74, 6) is 0.0673. The van der Waals surface area contributed by atoms with Crippen molar-refractivity contribution in [3.63, 3.8) is 0 Å². The van der Waals surface area contributed by atoms with Crippen LogP contribution in [-0.4, -0.2) is 22.1 Å². The van der Waals surface area contributed by atoms with Crippen molar-refractivity contribution in [1.82, 2.24) is 4.98 Å². The fourth-order valence-electron chi connectivity index (χ4n) is 3.11. The SMILES string of the molecule is O=C1O[C@]2(CC[C@@H](C(=O)CBr)CC2)c2cnccc21. The molecule has 1 aromatic rings. The molecule has 19 heavy (non-hydrogen) atoms. The van der Waals surface area contributed by atoms with Crippen molar-refractivity contribution in [2.75, 3.05) is 5.33 Å². The van der Waals surface area contributed by atoms with Crippen molar-refractivity contribution < 1.29 is 14.3 Å². The third kappa shape index (κ3) is 2.00. The summed E-state index contributed by atoms with van der Waals surface area (Å²) in [6.07, 6.45) is 6.30. The summed E-state index contributed by atoms with van der Waals surface area (Å²) in [6, 6.07) is 1.71. The number of nitrogens with zero attached hydrogens (tertiary/aromatic N) is 1. The molecule has 0 unspecified atom stereocenters. The molecule has 0 N–H and O–H groups in total. The Morgan fingerprint density at radius 1 is 1.47 bits per heavy atom. The molecular formula is C14H14BrNO3. The van der Waals surface area contributed by atoms with Crippen LogP contribution >= 0.6 is 15.9 Å². The lowest BCUT2D eigenvalue weighted by Crippen LogP contribution is -2.34. The number of fused-ring (bicyclic) bond motifs is 2. The van der Waals surface area contributed by atoms with Crippen LogP contribution in [0.5, 0.6) is 0 Å². The minimum Gasteiger partial charge on any atom is -0.450 e. The Morgan fingerprint density at radius 2 is 2.21 bits per heavy atom. The fourth-order valence-corrected chi connectivity index (χ4v) is 3.57. The summed E-state index contributed by atoms with van der Waals surface area (Å²) in [6.45, 7) is 0. The maximum Gasteiger partial charge on any atom is 0.339 e. The van der Waals surface area contributed by atoms with E-state index in [1.165, 1.54) is 0 Å². The number of esters is 1. The van der Waals surface area contributed by atoms with E-state index in [2.05, 4.69) is 20.9 Å². The number of Topliss-reactive ketones (excluding diaryl/α,β-unsaturated/α-hetero) is 1. The van der Waals surface area contributed by atoms with Crippen LogP contribution in [0.3, 0.4) is 0 Å². The monoisotopic (exact) mass is 323 g/mol. The minimum absolute atomic E-state index is 0.0874. The molecule has 100 valence electrons. The van der Waals surface area contributed by atoms with Gasteiger partial charge in [0.1, 0.15) is 11.4 Å². The first-order valence-electron chi connectivity index (χ1n) is 6.43. The molecule has 2 aliphatic rings. The maximum atomic E-state index is 11.9. The van der Waals surface area contributed by atoms with E-state index in [1.807, 2.05) is 0 Å². The van der Waals surface area contributed by atoms with Gasteiger partial charge in [0, 0.05) is 23.9 Å². The first kappa shape index (κ1) is 12.8. The molecule has 1 fully saturated rings. The van der Waals surface area contributed by atoms with Gasteiger partial charge in [0.15, 0.2) is 0 Å². The Morgan fingerprint density at radius 3 is 2.89 bits per heavy atom. The van der Waals surface area contributed by atoms with Gasteiger partial charge in [-0.1, -0.05) is 15.9 Å². The van der Waals surface area contributed by atoms with Gasteiger partial charge in [-0.25, -0.2) is 4.79 Å². The van der Waals surface area contributed by atoms with E-state index in [0.717, 1.165) is 18.4 Å². The first-order valence-corrected chi connectivity index (χ1v) is 7.55. The molecule has 5 heteroatoms. The van der Waals surface area contributed by atoms with Gasteiger partial charge < -0.3 is 4.74 Å². The number of alkyl halides is 1. The molecule has 4 nitrogen and oxygen atoms in total. The van der Waals surface area contributed by atoms with Crippen molar-refractivity contribution in [1.29, 1.82) is 0 Å². The molecule has 1 saturated carbocycles. The van der Waals surface area contributed by atoms with E-state index in [9.17, 15) is 9.59 Å². The molecular weight excluding hydrogens is 310 g/mol. The summed E-state index contributed by atoms with van der Waals surface area (Å²) in [4.78, 5) is 27.7. The zero-order chi connectivity index (χ0) is 13.5. The first-order chi connectivity index (χ1) is 9.16. The van der Waals surface area contributed by atoms with Crippen molar-refractivity contribution >= 4 is 27.7 Å². The second-order valence-electron chi connectivity index (χ2n) is 5.18. The Balaban J connectivity index is 1.85. The number of hydrogen-bond donors (Lipinski definition) is 0. The van der Waals surface area contributed by atoms with Gasteiger partial charge in [0.25, 0.3) is 0 Å². The van der Waals surface area contributed by atoms with Crippen LogP contribution in [0.1, 0.15) is 41.6 Å². The third-order valence-electron chi connectivity index (χ3n) is 4.20. The Bertz CT molecular complexity index is 535. The molecule has 1 aliphatic carbocycles. The highest BCUT2D eigenvalue weighted by Crippen LogP contribution is 2.47. The summed E-state index contributed by atoms with van der Waals surface area (Å²) in [7, 11) is 0. The van der Waals surface area contributed by atoms with Crippen molar-refractivity contribution in [3.05, 3.63) is 29.6 Å². The average molecular weight is 324 g/mol. The number of pyridine rings is 1. The predicted molar refractivity (Wildman–Crippen MR) is 72.1 cm³/mol. The van der Waals surface area contributed by atoms with Crippen LogP contribution in [0.4, 0.5) is 0 Å². The van der Waals surface area contributed by atoms with E-state index in [1.54, 1.807) is 18.5 Å². The summed E-state index contributed by atoms with van der Waals surface area (Å²) >= 11 is 3.22. The highest BCUT2D eigenvalue weighted by molar-refractivity contribution is 9.09. The highest BCUT2D eigenvalue weighted by atomic mass is 79.9. The number of rotatable bonds is 2. The Labute approximate surface area is 119 Å². The molecule has 0 radical (unpaired) electrons. The molecule has 0 saturated heterocycles. The molecule has 1 aliphatic heterocycles. The zero-order valence-corrected chi connectivity index (χ0v) is 12.0. The summed E-state index contributed by atoms with van der Waals surface area (Å²) in [5, 5.41) is 0.405. The molecule has 0 bridgehead atoms. The lowest BCUT2D eigenvalue weighted by molar-refractivity contribution is -0.123. The smallest absolute Gasteiger partial charge is 0.339 e. The number of ketones is 1. The van der Waals surface area contributed by atoms with E-state index in [-0.39, 0.29) is 17.7 Å². The molecule has 1 aromatic heterocycles. The van der Waals surface area contributed by atoms with Crippen LogP contribution in [0.15, 0.2) is 18.5 Å². The standard InChI is InChI=1S/C14H14BrNO3/c15-7-12(17)9-1-4-14(5-2-9)11-8-16-6-3-10(11)13(18)19-14/h3,6,8-9H,1-2,4-5,7H2/t9-,14+. The van der Waals surface area contributed by atoms with E-state index in [0.29, 0.717) is 23.7 Å². The molecule has 3 rings (SSSR count). The van der Waals surface area contributed by atoms with E-state index < -0.39 is 5.60 Å². The summed E-state index contributed by atoms with van der Waals surface area (Å²) < 4.78 is 5.62. The van der Waals surface area contributed by atoms with Crippen LogP contribution in [0.25, 0.3) is 0 Å². The van der Waals surface area contributed by atoms with E-state index in [4.69, 9.17) is 4.74 Å². The van der Waals surface area contributed by atoms with Gasteiger partial charge in [-0.2, -0.15) is 0 Å². The third-order valence-corrected chi connectivity index (χ3v) is 4.75. The highest BCUT2D eigenvalue weighted by Gasteiger charge is 2.48. The van der Waals surface area contributed by atoms with Gasteiger partial charge in [-0.05, 0) is 31.7 Å². The van der Waals surface area contributed by atoms with Gasteiger partial charge in [-0.15, -0.1) is 0 Å². The summed E-state index contributed by atoms with van der Waals surface area (Å²) in [5.41, 5.74) is 0.981. The van der Waals surface area contributed by atoms with Crippen LogP contribution < -0.4 is 0 Å². The fraction of sp³-hybridized carbons (Fsp3) is 0.500. The quantitative estimate of drug-likeness (QED) is 0.620. The second-order valence-corrected chi connectivity index (χ2v) is 5.74. The predicted octanol–water partition coefficient (Wildman–Crippen LogP) is 2.60. The molecule has 0 atom stereocenters. The molecule has 0 aromatic carbocycles. The van der Waals surface area contributed by atoms with Crippen LogP contribution in [0, 0.1) is 5.92 Å². The lowest BCUT2D eigenvalue weighted by atomic mass is 9.74. The number of halogens is 1. The molecule has 1 spiro atoms. The van der Waals surface area contributed by atoms with Gasteiger partial charge in [0.2, 0.25) is 0 Å². The minimum atomic E-state index is -0.538. The number of carbonyl (C=O) groups is 2. The van der Waals surface area contributed by atoms with Gasteiger partial charge in [-0.3, -0.25) is 9.78 Å². The largest absolute Gasteiger partial charge is 0.450 e. The maximum absolute atomic E-state index is 11.9. The second kappa shape index (κ2) is 4.71. The number of hydrogen-bond acceptors (Lipinski definition) is 4. The number of aromatic nitrogens is 1. The lowest BCUT2D eigenvalue weighted by Gasteiger charge is -2.35.